The zero-order chi connectivity index (χ0) is 19.3. The fraction of sp³-hybridized carbons (Fsp3) is 0.300. The second kappa shape index (κ2) is 7.91. The second-order valence-corrected chi connectivity index (χ2v) is 6.89. The molecule has 0 fully saturated rings. The highest BCUT2D eigenvalue weighted by atomic mass is 16.5. The van der Waals surface area contributed by atoms with Crippen LogP contribution in [0, 0.1) is 0 Å². The third kappa shape index (κ3) is 4.99. The number of ether oxygens (including phenoxy) is 2. The summed E-state index contributed by atoms with van der Waals surface area (Å²) in [5.74, 6) is 0.228. The molecule has 2 aromatic rings. The molecule has 0 spiro atoms. The Hall–Kier alpha value is -3.02. The number of hydrogen-bond donors (Lipinski definition) is 2. The van der Waals surface area contributed by atoms with Crippen LogP contribution in [0.4, 0.5) is 5.69 Å². The first kappa shape index (κ1) is 19.3. The molecule has 0 aromatic heterocycles. The Bertz CT molecular complexity index is 792. The first-order valence-electron chi connectivity index (χ1n) is 8.22. The lowest BCUT2D eigenvalue weighted by atomic mass is 9.87. The van der Waals surface area contributed by atoms with Gasteiger partial charge < -0.3 is 20.5 Å². The predicted molar refractivity (Wildman–Crippen MR) is 101 cm³/mol. The molecule has 2 rings (SSSR count). The van der Waals surface area contributed by atoms with Gasteiger partial charge in [-0.3, -0.25) is 9.59 Å². The topological polar surface area (TPSA) is 90.7 Å². The highest BCUT2D eigenvalue weighted by Crippen LogP contribution is 2.31. The lowest BCUT2D eigenvalue weighted by Crippen LogP contribution is -2.21. The van der Waals surface area contributed by atoms with Gasteiger partial charge in [-0.25, -0.2) is 0 Å². The molecule has 0 atom stereocenters. The lowest BCUT2D eigenvalue weighted by molar-refractivity contribution is -0.118. The summed E-state index contributed by atoms with van der Waals surface area (Å²) in [5, 5.41) is 2.81. The van der Waals surface area contributed by atoms with E-state index in [1.165, 1.54) is 0 Å². The molecule has 6 heteroatoms. The number of primary amides is 1. The van der Waals surface area contributed by atoms with Crippen LogP contribution >= 0.6 is 0 Å². The van der Waals surface area contributed by atoms with Gasteiger partial charge in [-0.15, -0.1) is 0 Å². The minimum atomic E-state index is -0.514. The molecule has 0 aliphatic carbocycles. The molecule has 2 aromatic carbocycles. The van der Waals surface area contributed by atoms with Crippen molar-refractivity contribution in [2.75, 3.05) is 19.0 Å². The van der Waals surface area contributed by atoms with E-state index in [2.05, 4.69) is 26.1 Å². The Morgan fingerprint density at radius 2 is 1.73 bits per heavy atom. The smallest absolute Gasteiger partial charge is 0.262 e. The van der Waals surface area contributed by atoms with Crippen molar-refractivity contribution in [3.8, 4) is 11.5 Å². The van der Waals surface area contributed by atoms with E-state index in [0.717, 1.165) is 5.56 Å². The van der Waals surface area contributed by atoms with Crippen LogP contribution in [0.25, 0.3) is 0 Å². The highest BCUT2D eigenvalue weighted by Gasteiger charge is 2.17. The number of benzene rings is 2. The number of nitrogens with one attached hydrogen (secondary N) is 1. The highest BCUT2D eigenvalue weighted by molar-refractivity contribution is 5.94. The summed E-state index contributed by atoms with van der Waals surface area (Å²) in [6.45, 7) is 6.12. The minimum Gasteiger partial charge on any atom is -0.495 e. The van der Waals surface area contributed by atoms with Gasteiger partial charge in [-0.2, -0.15) is 0 Å². The summed E-state index contributed by atoms with van der Waals surface area (Å²) in [4.78, 5) is 23.3. The summed E-state index contributed by atoms with van der Waals surface area (Å²) in [7, 11) is 1.55. The maximum Gasteiger partial charge on any atom is 0.262 e. The van der Waals surface area contributed by atoms with Gasteiger partial charge in [0.1, 0.15) is 11.5 Å². The first-order valence-corrected chi connectivity index (χ1v) is 8.22. The number of carbonyl (C=O) groups is 2. The standard InChI is InChI=1S/C20H24N2O4/c1-20(2,3)14-7-10-17(25-4)16(11-14)22-18(23)12-26-15-8-5-13(6-9-15)19(21)24/h5-11H,12H2,1-4H3,(H2,21,24)(H,22,23). The summed E-state index contributed by atoms with van der Waals surface area (Å²) in [6, 6.07) is 12.0. The Labute approximate surface area is 153 Å². The largest absolute Gasteiger partial charge is 0.495 e. The number of amides is 2. The van der Waals surface area contributed by atoms with Crippen LogP contribution in [-0.4, -0.2) is 25.5 Å². The van der Waals surface area contributed by atoms with Crippen LogP contribution in [0.2, 0.25) is 0 Å². The van der Waals surface area contributed by atoms with E-state index >= 15 is 0 Å². The van der Waals surface area contributed by atoms with Gasteiger partial charge >= 0.3 is 0 Å². The monoisotopic (exact) mass is 356 g/mol. The zero-order valence-corrected chi connectivity index (χ0v) is 15.5. The molecule has 6 nitrogen and oxygen atoms in total. The van der Waals surface area contributed by atoms with Crippen molar-refractivity contribution in [1.82, 2.24) is 0 Å². The molecule has 0 aliphatic rings. The lowest BCUT2D eigenvalue weighted by Gasteiger charge is -2.21. The number of hydrogen-bond acceptors (Lipinski definition) is 4. The normalized spacial score (nSPS) is 10.9. The van der Waals surface area contributed by atoms with E-state index in [4.69, 9.17) is 15.2 Å². The van der Waals surface area contributed by atoms with Crippen molar-refractivity contribution in [2.45, 2.75) is 26.2 Å². The van der Waals surface area contributed by atoms with Crippen molar-refractivity contribution in [3.63, 3.8) is 0 Å². The van der Waals surface area contributed by atoms with E-state index in [1.807, 2.05) is 18.2 Å². The van der Waals surface area contributed by atoms with Gasteiger partial charge in [0.15, 0.2) is 6.61 Å². The molecule has 26 heavy (non-hydrogen) atoms. The van der Waals surface area contributed by atoms with Crippen LogP contribution in [0.3, 0.4) is 0 Å². The molecule has 2 amide bonds. The predicted octanol–water partition coefficient (Wildman–Crippen LogP) is 3.11. The number of methoxy groups -OCH3 is 1. The van der Waals surface area contributed by atoms with Crippen LogP contribution in [0.5, 0.6) is 11.5 Å². The molecule has 138 valence electrons. The molecule has 0 radical (unpaired) electrons. The Morgan fingerprint density at radius 1 is 1.08 bits per heavy atom. The van der Waals surface area contributed by atoms with E-state index in [0.29, 0.717) is 22.7 Å². The van der Waals surface area contributed by atoms with Gasteiger partial charge in [-0.1, -0.05) is 26.8 Å². The van der Waals surface area contributed by atoms with Crippen molar-refractivity contribution in [1.29, 1.82) is 0 Å². The van der Waals surface area contributed by atoms with Crippen LogP contribution < -0.4 is 20.5 Å². The van der Waals surface area contributed by atoms with Gasteiger partial charge in [0.25, 0.3) is 5.91 Å². The Balaban J connectivity index is 2.04. The molecular weight excluding hydrogens is 332 g/mol. The van der Waals surface area contributed by atoms with Gasteiger partial charge in [-0.05, 0) is 47.4 Å². The van der Waals surface area contributed by atoms with E-state index < -0.39 is 5.91 Å². The molecule has 0 unspecified atom stereocenters. The van der Waals surface area contributed by atoms with E-state index in [9.17, 15) is 9.59 Å². The van der Waals surface area contributed by atoms with Crippen LogP contribution in [0.15, 0.2) is 42.5 Å². The average molecular weight is 356 g/mol. The molecule has 0 saturated heterocycles. The van der Waals surface area contributed by atoms with Crippen LogP contribution in [0.1, 0.15) is 36.7 Å². The number of carbonyl (C=O) groups excluding carboxylic acids is 2. The van der Waals surface area contributed by atoms with E-state index in [-0.39, 0.29) is 17.9 Å². The van der Waals surface area contributed by atoms with Gasteiger partial charge in [0, 0.05) is 5.56 Å². The van der Waals surface area contributed by atoms with Crippen molar-refractivity contribution in [3.05, 3.63) is 53.6 Å². The molecule has 3 N–H and O–H groups in total. The maximum absolute atomic E-state index is 12.2. The average Bonchev–Trinajstić information content (AvgIpc) is 2.59. The van der Waals surface area contributed by atoms with Crippen molar-refractivity contribution in [2.24, 2.45) is 5.73 Å². The van der Waals surface area contributed by atoms with Crippen molar-refractivity contribution >= 4 is 17.5 Å². The fourth-order valence-electron chi connectivity index (χ4n) is 2.32. The maximum atomic E-state index is 12.2. The molecule has 0 saturated carbocycles. The number of nitrogens with two attached hydrogens (primary N) is 1. The molecule has 0 bridgehead atoms. The number of rotatable bonds is 6. The van der Waals surface area contributed by atoms with E-state index in [1.54, 1.807) is 31.4 Å². The minimum absolute atomic E-state index is 0.0512. The van der Waals surface area contributed by atoms with Gasteiger partial charge in [0.05, 0.1) is 12.8 Å². The summed E-state index contributed by atoms with van der Waals surface area (Å²) in [5.41, 5.74) is 7.19. The van der Waals surface area contributed by atoms with Crippen LogP contribution in [-0.2, 0) is 10.2 Å². The van der Waals surface area contributed by atoms with Gasteiger partial charge in [0.2, 0.25) is 5.91 Å². The zero-order valence-electron chi connectivity index (χ0n) is 15.5. The fourth-order valence-corrected chi connectivity index (χ4v) is 2.32. The van der Waals surface area contributed by atoms with Crippen molar-refractivity contribution < 1.29 is 19.1 Å². The summed E-state index contributed by atoms with van der Waals surface area (Å²) >= 11 is 0. The third-order valence-corrected chi connectivity index (χ3v) is 3.85. The Kier molecular flexibility index (Phi) is 5.87. The third-order valence-electron chi connectivity index (χ3n) is 3.85. The summed E-state index contributed by atoms with van der Waals surface area (Å²) in [6.07, 6.45) is 0. The molecule has 0 aliphatic heterocycles. The first-order chi connectivity index (χ1) is 12.2. The quantitative estimate of drug-likeness (QED) is 0.832. The second-order valence-electron chi connectivity index (χ2n) is 6.89. The Morgan fingerprint density at radius 3 is 2.27 bits per heavy atom. The summed E-state index contributed by atoms with van der Waals surface area (Å²) < 4.78 is 10.8. The molecular formula is C20H24N2O4. The number of anilines is 1. The SMILES string of the molecule is COc1ccc(C(C)(C)C)cc1NC(=O)COc1ccc(C(N)=O)cc1. The molecule has 0 heterocycles.